The third-order valence-corrected chi connectivity index (χ3v) is 3.37. The van der Waals surface area contributed by atoms with E-state index >= 15 is 0 Å². The Bertz CT molecular complexity index is 650. The maximum Gasteiger partial charge on any atom is 0.253 e. The molecule has 0 spiro atoms. The molecule has 0 bridgehead atoms. The van der Waals surface area contributed by atoms with Crippen molar-refractivity contribution in [1.29, 1.82) is 0 Å². The van der Waals surface area contributed by atoms with Gasteiger partial charge in [-0.1, -0.05) is 24.3 Å². The highest BCUT2D eigenvalue weighted by Gasteiger charge is 2.20. The summed E-state index contributed by atoms with van der Waals surface area (Å²) in [4.78, 5) is 12.3. The number of anilines is 1. The van der Waals surface area contributed by atoms with Crippen LogP contribution in [0.2, 0.25) is 0 Å². The summed E-state index contributed by atoms with van der Waals surface area (Å²) in [6.45, 7) is 6.87. The molecule has 3 N–H and O–H groups in total. The van der Waals surface area contributed by atoms with E-state index in [2.05, 4.69) is 5.32 Å². The first-order valence-corrected chi connectivity index (χ1v) is 7.13. The van der Waals surface area contributed by atoms with Crippen molar-refractivity contribution >= 4 is 22.4 Å². The quantitative estimate of drug-likeness (QED) is 0.831. The van der Waals surface area contributed by atoms with Crippen LogP contribution in [0.25, 0.3) is 10.8 Å². The third-order valence-electron chi connectivity index (χ3n) is 3.37. The van der Waals surface area contributed by atoms with Gasteiger partial charge in [0.15, 0.2) is 0 Å². The van der Waals surface area contributed by atoms with Gasteiger partial charge in [-0.2, -0.15) is 0 Å². The van der Waals surface area contributed by atoms with E-state index in [-0.39, 0.29) is 5.91 Å². The highest BCUT2D eigenvalue weighted by molar-refractivity contribution is 6.03. The molecule has 0 aliphatic heterocycles. The lowest BCUT2D eigenvalue weighted by Crippen LogP contribution is -2.40. The van der Waals surface area contributed by atoms with E-state index in [1.165, 1.54) is 0 Å². The average Bonchev–Trinajstić information content (AvgIpc) is 2.44. The molecule has 0 aliphatic carbocycles. The van der Waals surface area contributed by atoms with Crippen molar-refractivity contribution in [2.45, 2.75) is 26.4 Å². The van der Waals surface area contributed by atoms with Crippen LogP contribution in [-0.2, 0) is 4.74 Å². The molecule has 112 valence electrons. The van der Waals surface area contributed by atoms with Gasteiger partial charge in [0.25, 0.3) is 5.91 Å². The molecule has 4 heteroatoms. The number of rotatable bonds is 5. The van der Waals surface area contributed by atoms with E-state index in [0.29, 0.717) is 24.4 Å². The second-order valence-electron chi connectivity index (χ2n) is 5.66. The summed E-state index contributed by atoms with van der Waals surface area (Å²) in [5.41, 5.74) is 6.59. The number of fused-ring (bicyclic) bond motifs is 1. The van der Waals surface area contributed by atoms with Crippen molar-refractivity contribution in [3.63, 3.8) is 0 Å². The highest BCUT2D eigenvalue weighted by Crippen LogP contribution is 2.22. The molecule has 0 radical (unpaired) electrons. The Morgan fingerprint density at radius 2 is 1.86 bits per heavy atom. The average molecular weight is 286 g/mol. The Morgan fingerprint density at radius 1 is 1.24 bits per heavy atom. The Kier molecular flexibility index (Phi) is 4.48. The minimum Gasteiger partial charge on any atom is -0.398 e. The number of carbonyl (C=O) groups is 1. The van der Waals surface area contributed by atoms with Crippen LogP contribution >= 0.6 is 0 Å². The van der Waals surface area contributed by atoms with Crippen molar-refractivity contribution in [1.82, 2.24) is 5.32 Å². The molecule has 0 fully saturated rings. The molecule has 0 saturated heterocycles. The second-order valence-corrected chi connectivity index (χ2v) is 5.66. The van der Waals surface area contributed by atoms with Crippen LogP contribution < -0.4 is 11.1 Å². The first kappa shape index (κ1) is 15.3. The SMILES string of the molecule is CCOC(C)(C)CNC(=O)c1cc2ccccc2cc1N. The Morgan fingerprint density at radius 3 is 2.48 bits per heavy atom. The topological polar surface area (TPSA) is 64.3 Å². The number of hydrogen-bond acceptors (Lipinski definition) is 3. The summed E-state index contributed by atoms with van der Waals surface area (Å²) >= 11 is 0. The highest BCUT2D eigenvalue weighted by atomic mass is 16.5. The van der Waals surface area contributed by atoms with Crippen molar-refractivity contribution in [3.8, 4) is 0 Å². The molecule has 2 aromatic rings. The van der Waals surface area contributed by atoms with Crippen molar-refractivity contribution < 1.29 is 9.53 Å². The molecule has 0 aliphatic rings. The van der Waals surface area contributed by atoms with E-state index in [1.807, 2.05) is 57.2 Å². The number of carbonyl (C=O) groups excluding carboxylic acids is 1. The third kappa shape index (κ3) is 3.73. The summed E-state index contributed by atoms with van der Waals surface area (Å²) in [5, 5.41) is 4.92. The number of nitrogens with two attached hydrogens (primary N) is 1. The maximum absolute atomic E-state index is 12.3. The Balaban J connectivity index is 2.17. The second kappa shape index (κ2) is 6.14. The summed E-state index contributed by atoms with van der Waals surface area (Å²) < 4.78 is 5.57. The van der Waals surface area contributed by atoms with Crippen LogP contribution in [-0.4, -0.2) is 24.7 Å². The zero-order chi connectivity index (χ0) is 15.5. The van der Waals surface area contributed by atoms with Gasteiger partial charge in [0.05, 0.1) is 11.2 Å². The molecule has 1 amide bonds. The molecule has 0 heterocycles. The van der Waals surface area contributed by atoms with Gasteiger partial charge in [-0.05, 0) is 43.7 Å². The fraction of sp³-hybridized carbons (Fsp3) is 0.353. The lowest BCUT2D eigenvalue weighted by atomic mass is 10.0. The largest absolute Gasteiger partial charge is 0.398 e. The fourth-order valence-corrected chi connectivity index (χ4v) is 2.28. The Labute approximate surface area is 125 Å². The van der Waals surface area contributed by atoms with Crippen molar-refractivity contribution in [2.24, 2.45) is 0 Å². The molecular formula is C17H22N2O2. The summed E-state index contributed by atoms with van der Waals surface area (Å²) in [6, 6.07) is 11.5. The molecule has 0 unspecified atom stereocenters. The first-order valence-electron chi connectivity index (χ1n) is 7.13. The molecule has 2 rings (SSSR count). The van der Waals surface area contributed by atoms with E-state index in [0.717, 1.165) is 10.8 Å². The zero-order valence-corrected chi connectivity index (χ0v) is 12.8. The summed E-state index contributed by atoms with van der Waals surface area (Å²) in [6.07, 6.45) is 0. The predicted molar refractivity (Wildman–Crippen MR) is 86.4 cm³/mol. The van der Waals surface area contributed by atoms with E-state index in [9.17, 15) is 4.79 Å². The monoisotopic (exact) mass is 286 g/mol. The van der Waals surface area contributed by atoms with Crippen LogP contribution in [0.4, 0.5) is 5.69 Å². The van der Waals surface area contributed by atoms with Gasteiger partial charge in [0, 0.05) is 18.8 Å². The first-order chi connectivity index (χ1) is 9.93. The van der Waals surface area contributed by atoms with Crippen LogP contribution in [0.15, 0.2) is 36.4 Å². The Hall–Kier alpha value is -2.07. The number of hydrogen-bond donors (Lipinski definition) is 2. The number of benzene rings is 2. The van der Waals surface area contributed by atoms with Gasteiger partial charge in [0.2, 0.25) is 0 Å². The fourth-order valence-electron chi connectivity index (χ4n) is 2.28. The number of amides is 1. The van der Waals surface area contributed by atoms with Crippen molar-refractivity contribution in [2.75, 3.05) is 18.9 Å². The molecule has 0 aromatic heterocycles. The molecule has 21 heavy (non-hydrogen) atoms. The number of nitrogens with one attached hydrogen (secondary N) is 1. The molecule has 2 aromatic carbocycles. The van der Waals surface area contributed by atoms with Crippen LogP contribution in [0.1, 0.15) is 31.1 Å². The zero-order valence-electron chi connectivity index (χ0n) is 12.8. The predicted octanol–water partition coefficient (Wildman–Crippen LogP) is 2.97. The van der Waals surface area contributed by atoms with Gasteiger partial charge in [-0.3, -0.25) is 4.79 Å². The van der Waals surface area contributed by atoms with Gasteiger partial charge >= 0.3 is 0 Å². The van der Waals surface area contributed by atoms with E-state index in [4.69, 9.17) is 10.5 Å². The molecule has 0 saturated carbocycles. The van der Waals surface area contributed by atoms with Gasteiger partial charge in [-0.25, -0.2) is 0 Å². The van der Waals surface area contributed by atoms with Crippen LogP contribution in [0.3, 0.4) is 0 Å². The standard InChI is InChI=1S/C17H22N2O2/c1-4-21-17(2,3)11-19-16(20)14-9-12-7-5-6-8-13(12)10-15(14)18/h5-10H,4,11,18H2,1-3H3,(H,19,20). The normalized spacial score (nSPS) is 11.6. The van der Waals surface area contributed by atoms with E-state index < -0.39 is 5.60 Å². The number of ether oxygens (including phenoxy) is 1. The lowest BCUT2D eigenvalue weighted by molar-refractivity contribution is -0.00814. The van der Waals surface area contributed by atoms with Crippen LogP contribution in [0, 0.1) is 0 Å². The minimum atomic E-state index is -0.393. The molecule has 4 nitrogen and oxygen atoms in total. The van der Waals surface area contributed by atoms with E-state index in [1.54, 1.807) is 0 Å². The smallest absolute Gasteiger partial charge is 0.253 e. The van der Waals surface area contributed by atoms with Crippen LogP contribution in [0.5, 0.6) is 0 Å². The minimum absolute atomic E-state index is 0.175. The van der Waals surface area contributed by atoms with Gasteiger partial charge < -0.3 is 15.8 Å². The maximum atomic E-state index is 12.3. The summed E-state index contributed by atoms with van der Waals surface area (Å²) in [5.74, 6) is -0.175. The summed E-state index contributed by atoms with van der Waals surface area (Å²) in [7, 11) is 0. The van der Waals surface area contributed by atoms with Gasteiger partial charge in [-0.15, -0.1) is 0 Å². The molecular weight excluding hydrogens is 264 g/mol. The molecule has 0 atom stereocenters. The number of nitrogen functional groups attached to an aromatic ring is 1. The lowest BCUT2D eigenvalue weighted by Gasteiger charge is -2.25. The van der Waals surface area contributed by atoms with Crippen molar-refractivity contribution in [3.05, 3.63) is 42.0 Å². The van der Waals surface area contributed by atoms with Gasteiger partial charge in [0.1, 0.15) is 0 Å².